The van der Waals surface area contributed by atoms with Gasteiger partial charge in [0.2, 0.25) is 5.91 Å². The summed E-state index contributed by atoms with van der Waals surface area (Å²) < 4.78 is 0. The van der Waals surface area contributed by atoms with Gasteiger partial charge in [-0.25, -0.2) is 4.98 Å². The maximum absolute atomic E-state index is 11.4. The lowest BCUT2D eigenvalue weighted by molar-refractivity contribution is -0.128. The summed E-state index contributed by atoms with van der Waals surface area (Å²) >= 11 is 5.87. The average molecular weight is 214 g/mol. The molecular weight excluding hydrogens is 204 g/mol. The van der Waals surface area contributed by atoms with Crippen LogP contribution in [-0.2, 0) is 11.3 Å². The monoisotopic (exact) mass is 214 g/mol. The number of nitrogens with zero attached hydrogens (tertiary/aromatic N) is 2. The first-order valence-corrected chi connectivity index (χ1v) is 5.49. The number of amides is 1. The van der Waals surface area contributed by atoms with E-state index in [0.717, 1.165) is 11.6 Å². The Morgan fingerprint density at radius 3 is 3.15 bits per heavy atom. The first-order valence-electron chi connectivity index (χ1n) is 4.10. The maximum Gasteiger partial charge on any atom is 0.224 e. The van der Waals surface area contributed by atoms with Gasteiger partial charge < -0.3 is 4.90 Å². The predicted octanol–water partition coefficient (Wildman–Crippen LogP) is 1.17. The van der Waals surface area contributed by atoms with Gasteiger partial charge in [-0.3, -0.25) is 4.79 Å². The molecule has 1 fully saturated rings. The Hall–Kier alpha value is -0.550. The molecule has 0 radical (unpaired) electrons. The van der Waals surface area contributed by atoms with Crippen LogP contribution in [0.4, 0.5) is 0 Å². The Morgan fingerprint density at radius 2 is 2.62 bits per heavy atom. The fourth-order valence-electron chi connectivity index (χ4n) is 1.40. The second-order valence-electron chi connectivity index (χ2n) is 3.06. The molecule has 5 heteroatoms. The minimum absolute atomic E-state index is 0.190. The minimum atomic E-state index is 0.190. The van der Waals surface area contributed by atoms with E-state index >= 15 is 0 Å². The van der Waals surface area contributed by atoms with Gasteiger partial charge in [0.1, 0.15) is 5.01 Å². The number of rotatable bonds is 2. The van der Waals surface area contributed by atoms with Crippen molar-refractivity contribution >= 4 is 29.9 Å². The maximum atomic E-state index is 11.4. The van der Waals surface area contributed by atoms with Crippen molar-refractivity contribution in [3.8, 4) is 0 Å². The van der Waals surface area contributed by atoms with Gasteiger partial charge in [-0.1, -0.05) is 0 Å². The second-order valence-corrected chi connectivity index (χ2v) is 4.77. The molecule has 1 aromatic heterocycles. The summed E-state index contributed by atoms with van der Waals surface area (Å²) in [7, 11) is 0. The van der Waals surface area contributed by atoms with Crippen molar-refractivity contribution in [3.63, 3.8) is 0 Å². The van der Waals surface area contributed by atoms with E-state index in [0.29, 0.717) is 13.0 Å². The Kier molecular flexibility index (Phi) is 2.55. The number of likely N-dealkylation sites (tertiary alicyclic amines) is 1. The number of aromatic nitrogens is 1. The van der Waals surface area contributed by atoms with Gasteiger partial charge in [0.05, 0.1) is 6.54 Å². The van der Waals surface area contributed by atoms with E-state index in [1.54, 1.807) is 17.5 Å². The molecule has 3 nitrogen and oxygen atoms in total. The van der Waals surface area contributed by atoms with Gasteiger partial charge in [0.15, 0.2) is 0 Å². The Bertz CT molecular complexity index is 299. The number of thiol groups is 1. The summed E-state index contributed by atoms with van der Waals surface area (Å²) in [5, 5.41) is 3.12. The Morgan fingerprint density at radius 1 is 1.77 bits per heavy atom. The normalized spacial score (nSPS) is 22.7. The van der Waals surface area contributed by atoms with Gasteiger partial charge in [-0.05, 0) is 0 Å². The van der Waals surface area contributed by atoms with E-state index in [-0.39, 0.29) is 11.2 Å². The van der Waals surface area contributed by atoms with Crippen LogP contribution in [0.2, 0.25) is 0 Å². The number of hydrogen-bond acceptors (Lipinski definition) is 4. The average Bonchev–Trinajstić information content (AvgIpc) is 2.63. The zero-order valence-electron chi connectivity index (χ0n) is 7.01. The Labute approximate surface area is 86.2 Å². The molecule has 1 amide bonds. The molecule has 70 valence electrons. The third kappa shape index (κ3) is 2.03. The molecule has 2 rings (SSSR count). The molecule has 0 N–H and O–H groups in total. The lowest BCUT2D eigenvalue weighted by atomic mass is 10.4. The molecule has 1 aromatic rings. The van der Waals surface area contributed by atoms with Gasteiger partial charge >= 0.3 is 0 Å². The van der Waals surface area contributed by atoms with E-state index in [9.17, 15) is 4.79 Å². The third-order valence-corrected chi connectivity index (χ3v) is 3.11. The summed E-state index contributed by atoms with van der Waals surface area (Å²) in [4.78, 5) is 17.3. The fourth-order valence-corrected chi connectivity index (χ4v) is 2.38. The predicted molar refractivity (Wildman–Crippen MR) is 54.9 cm³/mol. The lowest BCUT2D eigenvalue weighted by Gasteiger charge is -2.13. The second kappa shape index (κ2) is 3.67. The topological polar surface area (TPSA) is 33.2 Å². The Balaban J connectivity index is 1.99. The summed E-state index contributed by atoms with van der Waals surface area (Å²) in [5.74, 6) is 0.190. The molecule has 1 unspecified atom stereocenters. The number of thiazole rings is 1. The quantitative estimate of drug-likeness (QED) is 0.750. The first kappa shape index (κ1) is 9.02. The molecule has 0 spiro atoms. The number of hydrogen-bond donors (Lipinski definition) is 1. The zero-order chi connectivity index (χ0) is 9.26. The number of carbonyl (C=O) groups is 1. The lowest BCUT2D eigenvalue weighted by Crippen LogP contribution is -2.24. The van der Waals surface area contributed by atoms with Crippen molar-refractivity contribution in [3.05, 3.63) is 16.6 Å². The highest BCUT2D eigenvalue weighted by Gasteiger charge is 2.27. The molecule has 13 heavy (non-hydrogen) atoms. The van der Waals surface area contributed by atoms with Gasteiger partial charge in [-0.2, -0.15) is 12.6 Å². The van der Waals surface area contributed by atoms with Crippen molar-refractivity contribution in [1.82, 2.24) is 9.88 Å². The SMILES string of the molecule is O=C1CC(S)CN1Cc1nccs1. The van der Waals surface area contributed by atoms with Crippen LogP contribution in [0.25, 0.3) is 0 Å². The largest absolute Gasteiger partial charge is 0.335 e. The van der Waals surface area contributed by atoms with Gasteiger partial charge in [0, 0.05) is 29.8 Å². The van der Waals surface area contributed by atoms with Gasteiger partial charge in [-0.15, -0.1) is 11.3 Å². The minimum Gasteiger partial charge on any atom is -0.335 e. The number of carbonyl (C=O) groups excluding carboxylic acids is 1. The zero-order valence-corrected chi connectivity index (χ0v) is 8.72. The van der Waals surface area contributed by atoms with Crippen LogP contribution in [0.3, 0.4) is 0 Å². The van der Waals surface area contributed by atoms with E-state index in [1.807, 2.05) is 10.3 Å². The fraction of sp³-hybridized carbons (Fsp3) is 0.500. The molecule has 0 aromatic carbocycles. The van der Waals surface area contributed by atoms with E-state index < -0.39 is 0 Å². The molecule has 0 saturated carbocycles. The summed E-state index contributed by atoms with van der Waals surface area (Å²) in [6.45, 7) is 1.40. The molecule has 1 atom stereocenters. The summed E-state index contributed by atoms with van der Waals surface area (Å²) in [6.07, 6.45) is 2.33. The molecule has 1 saturated heterocycles. The first-order chi connectivity index (χ1) is 6.25. The van der Waals surface area contributed by atoms with Crippen LogP contribution in [0, 0.1) is 0 Å². The highest BCUT2D eigenvalue weighted by atomic mass is 32.1. The molecule has 0 aliphatic carbocycles. The van der Waals surface area contributed by atoms with Crippen molar-refractivity contribution in [2.45, 2.75) is 18.2 Å². The van der Waals surface area contributed by atoms with Crippen molar-refractivity contribution in [2.24, 2.45) is 0 Å². The van der Waals surface area contributed by atoms with Crippen LogP contribution in [0.15, 0.2) is 11.6 Å². The highest BCUT2D eigenvalue weighted by Crippen LogP contribution is 2.19. The smallest absolute Gasteiger partial charge is 0.224 e. The summed E-state index contributed by atoms with van der Waals surface area (Å²) in [6, 6.07) is 0. The van der Waals surface area contributed by atoms with E-state index in [4.69, 9.17) is 0 Å². The summed E-state index contributed by atoms with van der Waals surface area (Å²) in [5.41, 5.74) is 0. The molecule has 1 aliphatic heterocycles. The molecule has 2 heterocycles. The van der Waals surface area contributed by atoms with Crippen LogP contribution in [0.1, 0.15) is 11.4 Å². The van der Waals surface area contributed by atoms with Crippen LogP contribution in [0.5, 0.6) is 0 Å². The standard InChI is InChI=1S/C8H10N2OS2/c11-8-3-6(12)4-10(8)5-7-9-1-2-13-7/h1-2,6,12H,3-5H2. The van der Waals surface area contributed by atoms with E-state index in [2.05, 4.69) is 17.6 Å². The third-order valence-electron chi connectivity index (χ3n) is 2.00. The van der Waals surface area contributed by atoms with Crippen molar-refractivity contribution < 1.29 is 4.79 Å². The van der Waals surface area contributed by atoms with Crippen LogP contribution >= 0.6 is 24.0 Å². The molecular formula is C8H10N2OS2. The van der Waals surface area contributed by atoms with Crippen molar-refractivity contribution in [1.29, 1.82) is 0 Å². The van der Waals surface area contributed by atoms with Crippen LogP contribution in [-0.4, -0.2) is 27.6 Å². The van der Waals surface area contributed by atoms with E-state index in [1.165, 1.54) is 0 Å². The van der Waals surface area contributed by atoms with Gasteiger partial charge in [0.25, 0.3) is 0 Å². The van der Waals surface area contributed by atoms with Crippen molar-refractivity contribution in [2.75, 3.05) is 6.54 Å². The molecule has 1 aliphatic rings. The highest BCUT2D eigenvalue weighted by molar-refractivity contribution is 7.81. The molecule has 0 bridgehead atoms. The van der Waals surface area contributed by atoms with Crippen LogP contribution < -0.4 is 0 Å².